The molecular weight excluding hydrogens is 663 g/mol. The van der Waals surface area contributed by atoms with E-state index in [-0.39, 0.29) is 0 Å². The Bertz CT molecular complexity index is 3110. The summed E-state index contributed by atoms with van der Waals surface area (Å²) in [5, 5.41) is 5.91. The largest absolute Gasteiger partial charge is 0.278 e. The molecule has 0 atom stereocenters. The SMILES string of the molecule is c1ccc(-c2nc(-n3c4cc5c(cc4c4c6ccccc6ccc43)Sc3ccccc3C53c4ccccc4-c4ccccc43)nc3ccccc23)cc1. The molecular formula is C49H29N3S. The highest BCUT2D eigenvalue weighted by Crippen LogP contribution is 2.62. The first-order valence-corrected chi connectivity index (χ1v) is 18.9. The highest BCUT2D eigenvalue weighted by molar-refractivity contribution is 7.99. The van der Waals surface area contributed by atoms with E-state index in [1.54, 1.807) is 0 Å². The first kappa shape index (κ1) is 29.1. The van der Waals surface area contributed by atoms with Gasteiger partial charge in [-0.1, -0.05) is 157 Å². The molecule has 1 spiro atoms. The van der Waals surface area contributed by atoms with Crippen LogP contribution in [0.2, 0.25) is 0 Å². The maximum Gasteiger partial charge on any atom is 0.235 e. The normalized spacial score (nSPS) is 13.7. The number of aromatic nitrogens is 3. The second kappa shape index (κ2) is 10.8. The molecule has 2 aromatic heterocycles. The zero-order chi connectivity index (χ0) is 34.7. The van der Waals surface area contributed by atoms with Crippen LogP contribution in [-0.4, -0.2) is 14.5 Å². The standard InChI is InChI=1S/C49H29N3S/c1-2-15-31(16-3-1)47-35-20-8-12-24-41(35)50-48(51-47)52-42-27-26-30-14-4-5-17-32(30)46(42)36-28-45-40(29-43(36)52)49(39-23-11-13-25-44(39)53-45)37-21-9-6-18-33(37)34-19-7-10-22-38(34)49/h1-29H. The Hall–Kier alpha value is -6.49. The molecule has 246 valence electrons. The Labute approximate surface area is 310 Å². The molecule has 0 radical (unpaired) electrons. The van der Waals surface area contributed by atoms with Crippen LogP contribution in [0, 0.1) is 0 Å². The first-order chi connectivity index (χ1) is 26.3. The van der Waals surface area contributed by atoms with E-state index in [0.29, 0.717) is 5.95 Å². The number of benzene rings is 8. The number of hydrogen-bond donors (Lipinski definition) is 0. The van der Waals surface area contributed by atoms with Crippen LogP contribution in [0.5, 0.6) is 0 Å². The number of fused-ring (bicyclic) bond motifs is 15. The van der Waals surface area contributed by atoms with Gasteiger partial charge in [-0.25, -0.2) is 9.97 Å². The molecule has 0 N–H and O–H groups in total. The van der Waals surface area contributed by atoms with Crippen molar-refractivity contribution in [3.05, 3.63) is 198 Å². The van der Waals surface area contributed by atoms with Crippen LogP contribution in [0.25, 0.3) is 71.8 Å². The van der Waals surface area contributed by atoms with Crippen molar-refractivity contribution in [2.45, 2.75) is 15.2 Å². The average Bonchev–Trinajstić information content (AvgIpc) is 3.71. The van der Waals surface area contributed by atoms with Gasteiger partial charge in [-0.2, -0.15) is 0 Å². The summed E-state index contributed by atoms with van der Waals surface area (Å²) < 4.78 is 2.32. The molecule has 4 heteroatoms. The Balaban J connectivity index is 1.26. The first-order valence-electron chi connectivity index (χ1n) is 18.1. The molecule has 53 heavy (non-hydrogen) atoms. The van der Waals surface area contributed by atoms with Crippen LogP contribution < -0.4 is 0 Å². The summed E-state index contributed by atoms with van der Waals surface area (Å²) in [6.07, 6.45) is 0. The third-order valence-corrected chi connectivity index (χ3v) is 12.6. The van der Waals surface area contributed by atoms with E-state index in [1.807, 2.05) is 11.8 Å². The summed E-state index contributed by atoms with van der Waals surface area (Å²) in [5.74, 6) is 0.669. The zero-order valence-corrected chi connectivity index (χ0v) is 29.3. The summed E-state index contributed by atoms with van der Waals surface area (Å²) in [6, 6.07) is 64.1. The van der Waals surface area contributed by atoms with E-state index in [4.69, 9.17) is 9.97 Å². The van der Waals surface area contributed by atoms with Gasteiger partial charge in [-0.3, -0.25) is 4.57 Å². The van der Waals surface area contributed by atoms with Gasteiger partial charge in [0.25, 0.3) is 0 Å². The molecule has 3 nitrogen and oxygen atoms in total. The lowest BCUT2D eigenvalue weighted by Gasteiger charge is -2.39. The number of nitrogens with zero attached hydrogens (tertiary/aromatic N) is 3. The molecule has 0 fully saturated rings. The smallest absolute Gasteiger partial charge is 0.235 e. The van der Waals surface area contributed by atoms with E-state index in [2.05, 4.69) is 180 Å². The highest BCUT2D eigenvalue weighted by Gasteiger charge is 2.50. The molecule has 3 heterocycles. The molecule has 8 aromatic carbocycles. The van der Waals surface area contributed by atoms with Crippen molar-refractivity contribution in [2.24, 2.45) is 0 Å². The lowest BCUT2D eigenvalue weighted by molar-refractivity contribution is 0.723. The van der Waals surface area contributed by atoms with Crippen LogP contribution >= 0.6 is 11.8 Å². The summed E-state index contributed by atoms with van der Waals surface area (Å²) in [6.45, 7) is 0. The molecule has 0 amide bonds. The zero-order valence-electron chi connectivity index (χ0n) is 28.5. The van der Waals surface area contributed by atoms with Crippen molar-refractivity contribution >= 4 is 55.2 Å². The minimum absolute atomic E-state index is 0.485. The quantitative estimate of drug-likeness (QED) is 0.181. The van der Waals surface area contributed by atoms with Crippen molar-refractivity contribution in [2.75, 3.05) is 0 Å². The van der Waals surface area contributed by atoms with E-state index in [9.17, 15) is 0 Å². The minimum Gasteiger partial charge on any atom is -0.278 e. The molecule has 12 rings (SSSR count). The molecule has 0 unspecified atom stereocenters. The Morgan fingerprint density at radius 3 is 1.92 bits per heavy atom. The molecule has 10 aromatic rings. The fraction of sp³-hybridized carbons (Fsp3) is 0.0204. The maximum atomic E-state index is 5.45. The van der Waals surface area contributed by atoms with Gasteiger partial charge in [0.05, 0.1) is 27.7 Å². The number of hydrogen-bond acceptors (Lipinski definition) is 3. The third-order valence-electron chi connectivity index (χ3n) is 11.5. The fourth-order valence-electron chi connectivity index (χ4n) is 9.33. The monoisotopic (exact) mass is 691 g/mol. The van der Waals surface area contributed by atoms with Gasteiger partial charge in [0, 0.05) is 31.5 Å². The van der Waals surface area contributed by atoms with Crippen LogP contribution in [0.1, 0.15) is 22.3 Å². The fourth-order valence-corrected chi connectivity index (χ4v) is 10.5. The van der Waals surface area contributed by atoms with Gasteiger partial charge >= 0.3 is 0 Å². The van der Waals surface area contributed by atoms with Crippen LogP contribution in [0.15, 0.2) is 186 Å². The van der Waals surface area contributed by atoms with Crippen LogP contribution in [0.3, 0.4) is 0 Å². The number of rotatable bonds is 2. The van der Waals surface area contributed by atoms with Crippen molar-refractivity contribution in [1.29, 1.82) is 0 Å². The summed E-state index contributed by atoms with van der Waals surface area (Å²) in [5.41, 5.74) is 12.5. The second-order valence-corrected chi connectivity index (χ2v) is 15.2. The van der Waals surface area contributed by atoms with E-state index in [0.717, 1.165) is 33.2 Å². The lowest BCUT2D eigenvalue weighted by atomic mass is 9.67. The third kappa shape index (κ3) is 3.85. The van der Waals surface area contributed by atoms with Crippen molar-refractivity contribution in [3.63, 3.8) is 0 Å². The van der Waals surface area contributed by atoms with Crippen molar-refractivity contribution in [3.8, 4) is 28.3 Å². The summed E-state index contributed by atoms with van der Waals surface area (Å²) in [4.78, 5) is 13.4. The Kier molecular flexibility index (Phi) is 5.92. The predicted octanol–water partition coefficient (Wildman–Crippen LogP) is 12.4. The topological polar surface area (TPSA) is 30.7 Å². The van der Waals surface area contributed by atoms with E-state index < -0.39 is 5.41 Å². The van der Waals surface area contributed by atoms with E-state index in [1.165, 1.54) is 64.7 Å². The summed E-state index contributed by atoms with van der Waals surface area (Å²) in [7, 11) is 0. The maximum absolute atomic E-state index is 5.45. The highest BCUT2D eigenvalue weighted by atomic mass is 32.2. The van der Waals surface area contributed by atoms with Gasteiger partial charge in [0.2, 0.25) is 5.95 Å². The average molecular weight is 692 g/mol. The molecule has 0 bridgehead atoms. The Morgan fingerprint density at radius 2 is 1.11 bits per heavy atom. The van der Waals surface area contributed by atoms with Gasteiger partial charge < -0.3 is 0 Å². The van der Waals surface area contributed by atoms with Gasteiger partial charge in [0.15, 0.2) is 0 Å². The molecule has 0 saturated carbocycles. The second-order valence-electron chi connectivity index (χ2n) is 14.1. The van der Waals surface area contributed by atoms with Crippen molar-refractivity contribution in [1.82, 2.24) is 14.5 Å². The lowest BCUT2D eigenvalue weighted by Crippen LogP contribution is -2.32. The molecule has 1 aliphatic heterocycles. The van der Waals surface area contributed by atoms with Gasteiger partial charge in [0.1, 0.15) is 0 Å². The molecule has 0 saturated heterocycles. The predicted molar refractivity (Wildman–Crippen MR) is 218 cm³/mol. The number of para-hydroxylation sites is 1. The summed E-state index contributed by atoms with van der Waals surface area (Å²) >= 11 is 1.89. The van der Waals surface area contributed by atoms with Crippen LogP contribution in [0.4, 0.5) is 0 Å². The van der Waals surface area contributed by atoms with Gasteiger partial charge in [-0.05, 0) is 74.5 Å². The Morgan fingerprint density at radius 1 is 0.453 bits per heavy atom. The molecule has 2 aliphatic rings. The van der Waals surface area contributed by atoms with E-state index >= 15 is 0 Å². The molecule has 1 aliphatic carbocycles. The van der Waals surface area contributed by atoms with Crippen molar-refractivity contribution < 1.29 is 0 Å². The van der Waals surface area contributed by atoms with Crippen LogP contribution in [-0.2, 0) is 5.41 Å². The van der Waals surface area contributed by atoms with Gasteiger partial charge in [-0.15, -0.1) is 0 Å². The minimum atomic E-state index is -0.485.